The molecule has 0 saturated carbocycles. The van der Waals surface area contributed by atoms with E-state index in [1.54, 1.807) is 30.3 Å². The highest BCUT2D eigenvalue weighted by Crippen LogP contribution is 2.10. The summed E-state index contributed by atoms with van der Waals surface area (Å²) < 4.78 is 0. The molecule has 0 bridgehead atoms. The molecule has 22 heavy (non-hydrogen) atoms. The molecule has 0 heterocycles. The van der Waals surface area contributed by atoms with Crippen LogP contribution in [0.3, 0.4) is 0 Å². The maximum Gasteiger partial charge on any atom is 0.250 e. The second-order valence-electron chi connectivity index (χ2n) is 4.55. The fraction of sp³-hybridized carbons (Fsp3) is 0.0588. The van der Waals surface area contributed by atoms with Crippen LogP contribution in [-0.4, -0.2) is 16.1 Å². The molecule has 112 valence electrons. The first-order valence-corrected chi connectivity index (χ1v) is 7.13. The van der Waals surface area contributed by atoms with Crippen LogP contribution in [0.15, 0.2) is 60.7 Å². The molecule has 0 aliphatic rings. The Bertz CT molecular complexity index is 684. The SMILES string of the molecule is O=C(C=Cc1ccccc1)NC(=S)Nc1cccc(CO)c1. The lowest BCUT2D eigenvalue weighted by Gasteiger charge is -2.09. The molecule has 1 amide bonds. The highest BCUT2D eigenvalue weighted by molar-refractivity contribution is 7.80. The molecule has 0 aliphatic heterocycles. The second kappa shape index (κ2) is 8.07. The van der Waals surface area contributed by atoms with E-state index in [1.807, 2.05) is 30.3 Å². The lowest BCUT2D eigenvalue weighted by molar-refractivity contribution is -0.115. The summed E-state index contributed by atoms with van der Waals surface area (Å²) in [6.45, 7) is -0.0472. The summed E-state index contributed by atoms with van der Waals surface area (Å²) in [5.41, 5.74) is 2.42. The van der Waals surface area contributed by atoms with Gasteiger partial charge in [0.1, 0.15) is 0 Å². The van der Waals surface area contributed by atoms with Gasteiger partial charge in [0, 0.05) is 11.8 Å². The molecule has 0 aromatic heterocycles. The number of hydrogen-bond donors (Lipinski definition) is 3. The molecule has 4 nitrogen and oxygen atoms in total. The largest absolute Gasteiger partial charge is 0.392 e. The van der Waals surface area contributed by atoms with Gasteiger partial charge in [0.15, 0.2) is 5.11 Å². The zero-order valence-corrected chi connectivity index (χ0v) is 12.6. The molecule has 0 aliphatic carbocycles. The van der Waals surface area contributed by atoms with Crippen molar-refractivity contribution in [2.24, 2.45) is 0 Å². The van der Waals surface area contributed by atoms with Gasteiger partial charge in [-0.3, -0.25) is 10.1 Å². The van der Waals surface area contributed by atoms with Gasteiger partial charge in [0.2, 0.25) is 5.91 Å². The van der Waals surface area contributed by atoms with Crippen LogP contribution in [0, 0.1) is 0 Å². The number of anilines is 1. The first-order valence-electron chi connectivity index (χ1n) is 6.72. The van der Waals surface area contributed by atoms with E-state index >= 15 is 0 Å². The number of benzene rings is 2. The Morgan fingerprint density at radius 1 is 1.14 bits per heavy atom. The number of thiocarbonyl (C=S) groups is 1. The highest BCUT2D eigenvalue weighted by atomic mass is 32.1. The third-order valence-corrected chi connectivity index (χ3v) is 3.04. The van der Waals surface area contributed by atoms with Crippen molar-refractivity contribution in [1.82, 2.24) is 5.32 Å². The average Bonchev–Trinajstić information content (AvgIpc) is 2.54. The van der Waals surface area contributed by atoms with Crippen LogP contribution in [0.5, 0.6) is 0 Å². The van der Waals surface area contributed by atoms with Crippen LogP contribution in [0.4, 0.5) is 5.69 Å². The van der Waals surface area contributed by atoms with Gasteiger partial charge in [-0.15, -0.1) is 0 Å². The number of carbonyl (C=O) groups is 1. The number of carbonyl (C=O) groups excluding carboxylic acids is 1. The Balaban J connectivity index is 1.88. The summed E-state index contributed by atoms with van der Waals surface area (Å²) in [6, 6.07) is 16.7. The number of aliphatic hydroxyl groups excluding tert-OH is 1. The first-order chi connectivity index (χ1) is 10.7. The molecule has 2 aromatic carbocycles. The molecular formula is C17H16N2O2S. The van der Waals surface area contributed by atoms with Crippen LogP contribution in [0.2, 0.25) is 0 Å². The molecule has 0 fully saturated rings. The van der Waals surface area contributed by atoms with Crippen molar-refractivity contribution in [3.05, 3.63) is 71.8 Å². The van der Waals surface area contributed by atoms with Crippen molar-refractivity contribution in [2.75, 3.05) is 5.32 Å². The normalized spacial score (nSPS) is 10.4. The molecule has 2 rings (SSSR count). The molecule has 0 spiro atoms. The van der Waals surface area contributed by atoms with Crippen molar-refractivity contribution in [3.8, 4) is 0 Å². The minimum Gasteiger partial charge on any atom is -0.392 e. The number of hydrogen-bond acceptors (Lipinski definition) is 3. The predicted octanol–water partition coefficient (Wildman–Crippen LogP) is 2.71. The number of rotatable bonds is 4. The van der Waals surface area contributed by atoms with Crippen molar-refractivity contribution < 1.29 is 9.90 Å². The molecule has 0 radical (unpaired) electrons. The Kier molecular flexibility index (Phi) is 5.82. The molecule has 0 unspecified atom stereocenters. The van der Waals surface area contributed by atoms with Crippen molar-refractivity contribution >= 4 is 35.0 Å². The van der Waals surface area contributed by atoms with Crippen LogP contribution in [0.1, 0.15) is 11.1 Å². The predicted molar refractivity (Wildman–Crippen MR) is 92.2 cm³/mol. The number of aliphatic hydroxyl groups is 1. The molecule has 0 saturated heterocycles. The van der Waals surface area contributed by atoms with Crippen molar-refractivity contribution in [1.29, 1.82) is 0 Å². The quantitative estimate of drug-likeness (QED) is 0.600. The minimum absolute atomic E-state index is 0.0472. The lowest BCUT2D eigenvalue weighted by atomic mass is 10.2. The number of amides is 1. The summed E-state index contributed by atoms with van der Waals surface area (Å²) >= 11 is 5.08. The summed E-state index contributed by atoms with van der Waals surface area (Å²) in [5.74, 6) is -0.306. The molecule has 2 aromatic rings. The standard InChI is InChI=1S/C17H16N2O2S/c20-12-14-7-4-8-15(11-14)18-17(22)19-16(21)10-9-13-5-2-1-3-6-13/h1-11,20H,12H2,(H2,18,19,21,22). The Morgan fingerprint density at radius 3 is 2.64 bits per heavy atom. The maximum atomic E-state index is 11.8. The van der Waals surface area contributed by atoms with Crippen molar-refractivity contribution in [3.63, 3.8) is 0 Å². The Hall–Kier alpha value is -2.50. The van der Waals surface area contributed by atoms with Gasteiger partial charge in [-0.25, -0.2) is 0 Å². The highest BCUT2D eigenvalue weighted by Gasteiger charge is 2.02. The van der Waals surface area contributed by atoms with E-state index in [2.05, 4.69) is 10.6 Å². The fourth-order valence-corrected chi connectivity index (χ4v) is 2.02. The van der Waals surface area contributed by atoms with Crippen LogP contribution >= 0.6 is 12.2 Å². The van der Waals surface area contributed by atoms with Gasteiger partial charge < -0.3 is 10.4 Å². The molecule has 0 atom stereocenters. The van der Waals surface area contributed by atoms with Crippen LogP contribution in [-0.2, 0) is 11.4 Å². The fourth-order valence-electron chi connectivity index (χ4n) is 1.80. The summed E-state index contributed by atoms with van der Waals surface area (Å²) in [4.78, 5) is 11.8. The van der Waals surface area contributed by atoms with E-state index in [0.29, 0.717) is 5.69 Å². The molecular weight excluding hydrogens is 296 g/mol. The summed E-state index contributed by atoms with van der Waals surface area (Å²) in [6.07, 6.45) is 3.14. The van der Waals surface area contributed by atoms with E-state index in [9.17, 15) is 4.79 Å². The lowest BCUT2D eigenvalue weighted by Crippen LogP contribution is -2.32. The van der Waals surface area contributed by atoms with Crippen molar-refractivity contribution in [2.45, 2.75) is 6.61 Å². The summed E-state index contributed by atoms with van der Waals surface area (Å²) in [7, 11) is 0. The van der Waals surface area contributed by atoms with E-state index in [0.717, 1.165) is 11.1 Å². The van der Waals surface area contributed by atoms with E-state index < -0.39 is 0 Å². The Morgan fingerprint density at radius 2 is 1.91 bits per heavy atom. The average molecular weight is 312 g/mol. The van der Waals surface area contributed by atoms with Gasteiger partial charge in [-0.05, 0) is 41.6 Å². The van der Waals surface area contributed by atoms with Crippen LogP contribution < -0.4 is 10.6 Å². The monoisotopic (exact) mass is 312 g/mol. The third-order valence-electron chi connectivity index (χ3n) is 2.83. The topological polar surface area (TPSA) is 61.4 Å². The van der Waals surface area contributed by atoms with E-state index in [1.165, 1.54) is 6.08 Å². The summed E-state index contributed by atoms with van der Waals surface area (Å²) in [5, 5.41) is 14.8. The smallest absolute Gasteiger partial charge is 0.250 e. The second-order valence-corrected chi connectivity index (χ2v) is 4.95. The van der Waals surface area contributed by atoms with Gasteiger partial charge in [-0.1, -0.05) is 42.5 Å². The van der Waals surface area contributed by atoms with Gasteiger partial charge in [0.25, 0.3) is 0 Å². The van der Waals surface area contributed by atoms with E-state index in [4.69, 9.17) is 17.3 Å². The van der Waals surface area contributed by atoms with Crippen LogP contribution in [0.25, 0.3) is 6.08 Å². The van der Waals surface area contributed by atoms with Gasteiger partial charge >= 0.3 is 0 Å². The Labute approximate surface area is 134 Å². The molecule has 5 heteroatoms. The van der Waals surface area contributed by atoms with Gasteiger partial charge in [-0.2, -0.15) is 0 Å². The van der Waals surface area contributed by atoms with E-state index in [-0.39, 0.29) is 17.6 Å². The number of nitrogens with one attached hydrogen (secondary N) is 2. The minimum atomic E-state index is -0.306. The van der Waals surface area contributed by atoms with Gasteiger partial charge in [0.05, 0.1) is 6.61 Å². The zero-order chi connectivity index (χ0) is 15.8. The zero-order valence-electron chi connectivity index (χ0n) is 11.8. The molecule has 3 N–H and O–H groups in total. The third kappa shape index (κ3) is 5.12. The maximum absolute atomic E-state index is 11.8. The first kappa shape index (κ1) is 15.9.